The molecule has 0 amide bonds. The molecule has 8 rings (SSSR count). The summed E-state index contributed by atoms with van der Waals surface area (Å²) in [6.45, 7) is 24.8. The normalized spacial score (nSPS) is 13.5. The Labute approximate surface area is 396 Å². The third-order valence-electron chi connectivity index (χ3n) is 11.7. The summed E-state index contributed by atoms with van der Waals surface area (Å²) in [6.07, 6.45) is 1.64. The number of rotatable bonds is 7. The molecule has 1 N–H and O–H groups in total. The number of fused-ring (bicyclic) bond motifs is 1. The first-order chi connectivity index (χ1) is 31.3. The number of benzene rings is 6. The maximum Gasteiger partial charge on any atom is 0.148 e. The Morgan fingerprint density at radius 1 is 0.651 bits per heavy atom. The number of phenolic OH excluding ortho intramolecular Hbond substituents is 1. The smallest absolute Gasteiger partial charge is 0.148 e. The number of aromatic hydroxyl groups is 1. The zero-order valence-corrected chi connectivity index (χ0v) is 40.8. The van der Waals surface area contributed by atoms with Crippen LogP contribution in [0.15, 0.2) is 133 Å². The van der Waals surface area contributed by atoms with Gasteiger partial charge in [-0.25, -0.2) is 4.98 Å². The van der Waals surface area contributed by atoms with Crippen LogP contribution in [-0.4, -0.2) is 19.6 Å². The molecule has 0 unspecified atom stereocenters. The van der Waals surface area contributed by atoms with Crippen LogP contribution in [0.25, 0.3) is 72.7 Å². The van der Waals surface area contributed by atoms with Gasteiger partial charge in [-0.05, 0) is 87.2 Å². The molecule has 0 aliphatic carbocycles. The van der Waals surface area contributed by atoms with Crippen molar-refractivity contribution in [1.29, 1.82) is 0 Å². The molecule has 5 heteroatoms. The van der Waals surface area contributed by atoms with Gasteiger partial charge in [-0.3, -0.25) is 9.55 Å². The summed E-state index contributed by atoms with van der Waals surface area (Å²) in [4.78, 5) is 10.4. The van der Waals surface area contributed by atoms with Crippen molar-refractivity contribution < 1.29 is 33.0 Å². The molecule has 0 bridgehead atoms. The molecular formula is C58H60N3OPt-. The number of imidazole rings is 1. The topological polar surface area (TPSA) is 50.9 Å². The molecule has 6 aromatic carbocycles. The number of hydrogen-bond acceptors (Lipinski definition) is 3. The van der Waals surface area contributed by atoms with Crippen LogP contribution >= 0.6 is 0 Å². The Balaban J connectivity index is 0.00000684. The summed E-state index contributed by atoms with van der Waals surface area (Å²) >= 11 is 0. The molecule has 63 heavy (non-hydrogen) atoms. The molecule has 8 aromatic rings. The van der Waals surface area contributed by atoms with E-state index < -0.39 is 5.89 Å². The fraction of sp³-hybridized carbons (Fsp3) is 0.276. The van der Waals surface area contributed by atoms with Gasteiger partial charge in [-0.15, -0.1) is 29.3 Å². The largest absolute Gasteiger partial charge is 0.507 e. The van der Waals surface area contributed by atoms with Crippen molar-refractivity contribution in [3.63, 3.8) is 0 Å². The van der Waals surface area contributed by atoms with Crippen molar-refractivity contribution in [2.24, 2.45) is 0 Å². The van der Waals surface area contributed by atoms with Crippen molar-refractivity contribution >= 4 is 11.0 Å². The zero-order chi connectivity index (χ0) is 48.7. The second-order valence-electron chi connectivity index (χ2n) is 19.8. The summed E-state index contributed by atoms with van der Waals surface area (Å²) < 4.78 is 45.9. The van der Waals surface area contributed by atoms with Gasteiger partial charge >= 0.3 is 0 Å². The van der Waals surface area contributed by atoms with E-state index in [1.807, 2.05) is 50.2 Å². The van der Waals surface area contributed by atoms with Crippen molar-refractivity contribution in [2.45, 2.75) is 105 Å². The van der Waals surface area contributed by atoms with Gasteiger partial charge in [-0.2, -0.15) is 0 Å². The summed E-state index contributed by atoms with van der Waals surface area (Å²) in [5.74, 6) is -0.113. The van der Waals surface area contributed by atoms with Gasteiger partial charge in [0.2, 0.25) is 0 Å². The van der Waals surface area contributed by atoms with E-state index in [4.69, 9.17) is 16.8 Å². The molecule has 0 atom stereocenters. The number of phenols is 1. The minimum atomic E-state index is -0.863. The molecule has 4 nitrogen and oxygen atoms in total. The van der Waals surface area contributed by atoms with Crippen LogP contribution in [-0.2, 0) is 37.3 Å². The Bertz CT molecular complexity index is 3210. The van der Waals surface area contributed by atoms with Crippen LogP contribution in [0.1, 0.15) is 117 Å². The predicted octanol–water partition coefficient (Wildman–Crippen LogP) is 15.6. The summed E-state index contributed by atoms with van der Waals surface area (Å²) in [5, 5.41) is 12.5. The monoisotopic (exact) mass is 1010 g/mol. The average Bonchev–Trinajstić information content (AvgIpc) is 3.66. The van der Waals surface area contributed by atoms with E-state index in [9.17, 15) is 5.11 Å². The molecule has 0 aliphatic heterocycles. The summed E-state index contributed by atoms with van der Waals surface area (Å²) in [6, 6.07) is 38.0. The van der Waals surface area contributed by atoms with Crippen molar-refractivity contribution in [3.05, 3.63) is 167 Å². The van der Waals surface area contributed by atoms with E-state index in [1.165, 1.54) is 0 Å². The van der Waals surface area contributed by atoms with E-state index in [0.717, 1.165) is 55.7 Å². The van der Waals surface area contributed by atoms with Crippen LogP contribution in [0.4, 0.5) is 0 Å². The Morgan fingerprint density at radius 2 is 1.32 bits per heavy atom. The van der Waals surface area contributed by atoms with E-state index in [-0.39, 0.29) is 72.8 Å². The molecule has 0 aliphatic rings. The molecule has 0 saturated heterocycles. The number of aromatic nitrogens is 3. The molecule has 0 radical (unpaired) electrons. The SMILES string of the molecule is [2H]c1c([2H])c(-c2ccnc(-c3[c-]c(-c4cccc5c4nc(-c4cc(C(C)(C)C)cc(C(C)(C)C)c4O)n5-c4ccc(C([2H])(C)C)cc4-c4ccccc4)cc(C(C)(C)C)c3)c2)c([2H])c([2H])c1C.[Pt]. The van der Waals surface area contributed by atoms with Crippen LogP contribution in [0, 0.1) is 13.0 Å². The Kier molecular flexibility index (Phi) is 10.7. The van der Waals surface area contributed by atoms with Gasteiger partial charge in [0.1, 0.15) is 11.6 Å². The molecule has 0 saturated carbocycles. The number of pyridine rings is 1. The van der Waals surface area contributed by atoms with E-state index in [0.29, 0.717) is 39.3 Å². The maximum absolute atomic E-state index is 12.5. The third-order valence-corrected chi connectivity index (χ3v) is 11.7. The second-order valence-corrected chi connectivity index (χ2v) is 19.8. The molecule has 2 aromatic heterocycles. The molecule has 0 fully saturated rings. The molecular weight excluding hydrogens is 950 g/mol. The van der Waals surface area contributed by atoms with Crippen LogP contribution in [0.3, 0.4) is 0 Å². The van der Waals surface area contributed by atoms with Gasteiger partial charge < -0.3 is 5.11 Å². The maximum atomic E-state index is 12.5. The van der Waals surface area contributed by atoms with Gasteiger partial charge in [0.15, 0.2) is 0 Å². The van der Waals surface area contributed by atoms with Gasteiger partial charge in [0.05, 0.1) is 27.8 Å². The quantitative estimate of drug-likeness (QED) is 0.162. The van der Waals surface area contributed by atoms with Crippen LogP contribution in [0.5, 0.6) is 5.75 Å². The van der Waals surface area contributed by atoms with Gasteiger partial charge in [0, 0.05) is 45.5 Å². The number of para-hydroxylation sites is 1. The molecule has 2 heterocycles. The number of nitrogens with zero attached hydrogens (tertiary/aromatic N) is 3. The molecule has 324 valence electrons. The van der Waals surface area contributed by atoms with Crippen molar-refractivity contribution in [2.75, 3.05) is 0 Å². The van der Waals surface area contributed by atoms with Crippen molar-refractivity contribution in [3.8, 4) is 67.5 Å². The van der Waals surface area contributed by atoms with Crippen molar-refractivity contribution in [1.82, 2.24) is 14.5 Å². The van der Waals surface area contributed by atoms with Crippen LogP contribution in [0.2, 0.25) is 0 Å². The first-order valence-electron chi connectivity index (χ1n) is 24.0. The van der Waals surface area contributed by atoms with E-state index >= 15 is 0 Å². The van der Waals surface area contributed by atoms with E-state index in [2.05, 4.69) is 134 Å². The number of hydrogen-bond donors (Lipinski definition) is 1. The van der Waals surface area contributed by atoms with Crippen LogP contribution < -0.4 is 0 Å². The average molecular weight is 1020 g/mol. The second kappa shape index (κ2) is 17.2. The molecule has 0 spiro atoms. The standard InChI is InChI=1S/C58H60N3O.Pt/c1-36(2)40-25-26-51(47(32-40)39-17-14-13-15-18-39)61-52-20-16-19-46(53(52)60-55(61)48-34-45(57(7,8)9)35-49(54(48)62)58(10,11)12)42-29-43(31-44(30-42)56(4,5)6)50-33-41(27-28-59-50)38-23-21-37(3)22-24-38;/h13-28,30-36,62H,1-12H3;/q-1;/i21D,22D,23D,24D,36D;. The first kappa shape index (κ1) is 39.1. The fourth-order valence-electron chi connectivity index (χ4n) is 7.98. The fourth-order valence-corrected chi connectivity index (χ4v) is 7.98. The Hall–Kier alpha value is -5.57. The minimum Gasteiger partial charge on any atom is -0.507 e. The van der Waals surface area contributed by atoms with Gasteiger partial charge in [0.25, 0.3) is 0 Å². The zero-order valence-electron chi connectivity index (χ0n) is 43.5. The Morgan fingerprint density at radius 3 is 1.97 bits per heavy atom. The predicted molar refractivity (Wildman–Crippen MR) is 261 cm³/mol. The summed E-state index contributed by atoms with van der Waals surface area (Å²) in [7, 11) is 0. The third kappa shape index (κ3) is 9.11. The van der Waals surface area contributed by atoms with Gasteiger partial charge in [-0.1, -0.05) is 178 Å². The van der Waals surface area contributed by atoms with E-state index in [1.54, 1.807) is 19.2 Å². The minimum absolute atomic E-state index is 0. The first-order valence-corrected chi connectivity index (χ1v) is 21.5. The summed E-state index contributed by atoms with van der Waals surface area (Å²) in [5.41, 5.74) is 11.7.